The number of hydrogen-bond donors (Lipinski definition) is 0. The molecule has 0 aromatic carbocycles. The number of aromatic nitrogens is 1. The van der Waals surface area contributed by atoms with Gasteiger partial charge < -0.3 is 4.74 Å². The van der Waals surface area contributed by atoms with Crippen LogP contribution in [0.25, 0.3) is 0 Å². The van der Waals surface area contributed by atoms with Gasteiger partial charge in [-0.1, -0.05) is 0 Å². The molecular formula is C9H14N2O2S. The molecule has 0 fully saturated rings. The van der Waals surface area contributed by atoms with Crippen LogP contribution in [0.5, 0.6) is 0 Å². The quantitative estimate of drug-likeness (QED) is 0.703. The van der Waals surface area contributed by atoms with Crippen molar-refractivity contribution in [2.45, 2.75) is 13.5 Å². The molecule has 1 aromatic rings. The van der Waals surface area contributed by atoms with Crippen LogP contribution in [0.3, 0.4) is 0 Å². The SMILES string of the molecule is COC(=O)CN(C)Cc1cnc(C)s1. The molecule has 0 amide bonds. The Morgan fingerprint density at radius 3 is 2.93 bits per heavy atom. The summed E-state index contributed by atoms with van der Waals surface area (Å²) in [5.74, 6) is -0.214. The molecule has 0 aliphatic carbocycles. The van der Waals surface area contributed by atoms with Crippen molar-refractivity contribution in [3.05, 3.63) is 16.1 Å². The zero-order valence-corrected chi connectivity index (χ0v) is 9.43. The first-order chi connectivity index (χ1) is 6.61. The van der Waals surface area contributed by atoms with E-state index in [1.807, 2.05) is 25.1 Å². The Morgan fingerprint density at radius 1 is 1.71 bits per heavy atom. The van der Waals surface area contributed by atoms with Crippen LogP contribution < -0.4 is 0 Å². The maximum atomic E-state index is 10.9. The van der Waals surface area contributed by atoms with Crippen molar-refractivity contribution < 1.29 is 9.53 Å². The second-order valence-corrected chi connectivity index (χ2v) is 4.41. The zero-order valence-electron chi connectivity index (χ0n) is 8.61. The van der Waals surface area contributed by atoms with E-state index >= 15 is 0 Å². The Kier molecular flexibility index (Phi) is 4.03. The van der Waals surface area contributed by atoms with Gasteiger partial charge in [0.05, 0.1) is 18.7 Å². The van der Waals surface area contributed by atoms with E-state index in [-0.39, 0.29) is 5.97 Å². The van der Waals surface area contributed by atoms with Crippen LogP contribution in [0.15, 0.2) is 6.20 Å². The highest BCUT2D eigenvalue weighted by molar-refractivity contribution is 7.11. The topological polar surface area (TPSA) is 42.4 Å². The lowest BCUT2D eigenvalue weighted by molar-refractivity contribution is -0.141. The van der Waals surface area contributed by atoms with Gasteiger partial charge in [0.1, 0.15) is 0 Å². The second-order valence-electron chi connectivity index (χ2n) is 3.09. The Bertz CT molecular complexity index is 312. The fourth-order valence-corrected chi connectivity index (χ4v) is 1.96. The summed E-state index contributed by atoms with van der Waals surface area (Å²) in [5, 5.41) is 1.05. The number of carbonyl (C=O) groups excluding carboxylic acids is 1. The van der Waals surface area contributed by atoms with Gasteiger partial charge in [-0.3, -0.25) is 9.69 Å². The van der Waals surface area contributed by atoms with Crippen molar-refractivity contribution in [2.24, 2.45) is 0 Å². The highest BCUT2D eigenvalue weighted by Crippen LogP contribution is 2.12. The van der Waals surface area contributed by atoms with E-state index < -0.39 is 0 Å². The van der Waals surface area contributed by atoms with Gasteiger partial charge in [0, 0.05) is 17.6 Å². The lowest BCUT2D eigenvalue weighted by Gasteiger charge is -2.12. The average molecular weight is 214 g/mol. The van der Waals surface area contributed by atoms with Gasteiger partial charge in [-0.2, -0.15) is 0 Å². The summed E-state index contributed by atoms with van der Waals surface area (Å²) >= 11 is 1.65. The number of esters is 1. The molecular weight excluding hydrogens is 200 g/mol. The number of methoxy groups -OCH3 is 1. The molecule has 1 heterocycles. The van der Waals surface area contributed by atoms with Crippen LogP contribution in [-0.2, 0) is 16.1 Å². The van der Waals surface area contributed by atoms with E-state index in [4.69, 9.17) is 0 Å². The molecule has 0 saturated heterocycles. The number of hydrogen-bond acceptors (Lipinski definition) is 5. The smallest absolute Gasteiger partial charge is 0.319 e. The fourth-order valence-electron chi connectivity index (χ4n) is 1.09. The van der Waals surface area contributed by atoms with Gasteiger partial charge >= 0.3 is 5.97 Å². The van der Waals surface area contributed by atoms with Gasteiger partial charge in [0.25, 0.3) is 0 Å². The Balaban J connectivity index is 2.41. The first kappa shape index (κ1) is 11.1. The van der Waals surface area contributed by atoms with Crippen molar-refractivity contribution in [1.82, 2.24) is 9.88 Å². The molecule has 0 atom stereocenters. The Labute approximate surface area is 87.5 Å². The molecule has 1 aromatic heterocycles. The maximum absolute atomic E-state index is 10.9. The maximum Gasteiger partial charge on any atom is 0.319 e. The highest BCUT2D eigenvalue weighted by atomic mass is 32.1. The van der Waals surface area contributed by atoms with Crippen molar-refractivity contribution in [2.75, 3.05) is 20.7 Å². The van der Waals surface area contributed by atoms with E-state index in [9.17, 15) is 4.79 Å². The first-order valence-corrected chi connectivity index (χ1v) is 5.10. The molecule has 0 N–H and O–H groups in total. The number of rotatable bonds is 4. The van der Waals surface area contributed by atoms with Crippen molar-refractivity contribution >= 4 is 17.3 Å². The average Bonchev–Trinajstić information content (AvgIpc) is 2.50. The molecule has 0 saturated carbocycles. The van der Waals surface area contributed by atoms with E-state index in [2.05, 4.69) is 9.72 Å². The van der Waals surface area contributed by atoms with Gasteiger partial charge in [0.15, 0.2) is 0 Å². The molecule has 1 rings (SSSR count). The third-order valence-electron chi connectivity index (χ3n) is 1.72. The number of ether oxygens (including phenoxy) is 1. The van der Waals surface area contributed by atoms with E-state index in [0.29, 0.717) is 6.54 Å². The summed E-state index contributed by atoms with van der Waals surface area (Å²) in [7, 11) is 3.28. The highest BCUT2D eigenvalue weighted by Gasteiger charge is 2.07. The minimum Gasteiger partial charge on any atom is -0.468 e. The predicted molar refractivity (Wildman–Crippen MR) is 55.2 cm³/mol. The summed E-state index contributed by atoms with van der Waals surface area (Å²) in [5.41, 5.74) is 0. The van der Waals surface area contributed by atoms with Crippen molar-refractivity contribution in [1.29, 1.82) is 0 Å². The van der Waals surface area contributed by atoms with Crippen LogP contribution in [0.4, 0.5) is 0 Å². The molecule has 0 aliphatic rings. The Hall–Kier alpha value is -0.940. The number of thiazole rings is 1. The molecule has 0 radical (unpaired) electrons. The molecule has 0 bridgehead atoms. The standard InChI is InChI=1S/C9H14N2O2S/c1-7-10-4-8(14-7)5-11(2)6-9(12)13-3/h4H,5-6H2,1-3H3. The van der Waals surface area contributed by atoms with Crippen LogP contribution >= 0.6 is 11.3 Å². The summed E-state index contributed by atoms with van der Waals surface area (Å²) in [4.78, 5) is 18.1. The van der Waals surface area contributed by atoms with Gasteiger partial charge in [-0.15, -0.1) is 11.3 Å². The third-order valence-corrected chi connectivity index (χ3v) is 2.62. The molecule has 78 valence electrons. The summed E-state index contributed by atoms with van der Waals surface area (Å²) in [6, 6.07) is 0. The van der Waals surface area contributed by atoms with Crippen LogP contribution in [-0.4, -0.2) is 36.6 Å². The van der Waals surface area contributed by atoms with Crippen molar-refractivity contribution in [3.8, 4) is 0 Å². The molecule has 5 heteroatoms. The second kappa shape index (κ2) is 5.07. The summed E-state index contributed by atoms with van der Waals surface area (Å²) in [6.45, 7) is 3.02. The molecule has 0 unspecified atom stereocenters. The normalized spacial score (nSPS) is 10.6. The van der Waals surface area contributed by atoms with Crippen LogP contribution in [0.2, 0.25) is 0 Å². The summed E-state index contributed by atoms with van der Waals surface area (Å²) in [6.07, 6.45) is 1.84. The van der Waals surface area contributed by atoms with E-state index in [1.54, 1.807) is 11.3 Å². The number of nitrogens with zero attached hydrogens (tertiary/aromatic N) is 2. The molecule has 4 nitrogen and oxygen atoms in total. The molecule has 0 spiro atoms. The lowest BCUT2D eigenvalue weighted by atomic mass is 10.4. The number of likely N-dealkylation sites (N-methyl/N-ethyl adjacent to an activating group) is 1. The van der Waals surface area contributed by atoms with Gasteiger partial charge in [0.2, 0.25) is 0 Å². The van der Waals surface area contributed by atoms with Crippen molar-refractivity contribution in [3.63, 3.8) is 0 Å². The third kappa shape index (κ3) is 3.43. The fraction of sp³-hybridized carbons (Fsp3) is 0.556. The van der Waals surface area contributed by atoms with Crippen LogP contribution in [0.1, 0.15) is 9.88 Å². The van der Waals surface area contributed by atoms with E-state index in [1.165, 1.54) is 7.11 Å². The minimum atomic E-state index is -0.214. The lowest BCUT2D eigenvalue weighted by Crippen LogP contribution is -2.25. The molecule has 14 heavy (non-hydrogen) atoms. The largest absolute Gasteiger partial charge is 0.468 e. The van der Waals surface area contributed by atoms with Crippen LogP contribution in [0, 0.1) is 6.92 Å². The molecule has 0 aliphatic heterocycles. The summed E-state index contributed by atoms with van der Waals surface area (Å²) < 4.78 is 4.57. The predicted octanol–water partition coefficient (Wildman–Crippen LogP) is 1.06. The monoisotopic (exact) mass is 214 g/mol. The van der Waals surface area contributed by atoms with Gasteiger partial charge in [-0.05, 0) is 14.0 Å². The first-order valence-electron chi connectivity index (χ1n) is 4.28. The Morgan fingerprint density at radius 2 is 2.43 bits per heavy atom. The number of carbonyl (C=O) groups is 1. The minimum absolute atomic E-state index is 0.214. The van der Waals surface area contributed by atoms with Gasteiger partial charge in [-0.25, -0.2) is 4.98 Å². The number of aryl methyl sites for hydroxylation is 1. The van der Waals surface area contributed by atoms with E-state index in [0.717, 1.165) is 16.4 Å². The zero-order chi connectivity index (χ0) is 10.6.